The van der Waals surface area contributed by atoms with Crippen LogP contribution in [0.3, 0.4) is 0 Å². The van der Waals surface area contributed by atoms with Crippen molar-refractivity contribution in [1.29, 1.82) is 0 Å². The van der Waals surface area contributed by atoms with E-state index in [1.807, 2.05) is 6.07 Å². The van der Waals surface area contributed by atoms with Crippen LogP contribution in [0.1, 0.15) is 46.4 Å². The molecule has 0 radical (unpaired) electrons. The number of carbonyl (C=O) groups excluding carboxylic acids is 2. The van der Waals surface area contributed by atoms with Crippen LogP contribution in [0.5, 0.6) is 0 Å². The smallest absolute Gasteiger partial charge is 0.349 e. The van der Waals surface area contributed by atoms with E-state index in [0.29, 0.717) is 29.7 Å². The highest BCUT2D eigenvalue weighted by atomic mass is 19.4. The fourth-order valence-electron chi connectivity index (χ4n) is 3.38. The molecule has 0 saturated heterocycles. The van der Waals surface area contributed by atoms with Crippen LogP contribution in [0, 0.1) is 5.92 Å². The Labute approximate surface area is 161 Å². The quantitative estimate of drug-likeness (QED) is 0.789. The van der Waals surface area contributed by atoms with Gasteiger partial charge in [-0.15, -0.1) is 0 Å². The maximum absolute atomic E-state index is 12.9. The van der Waals surface area contributed by atoms with Crippen molar-refractivity contribution in [3.8, 4) is 0 Å². The Balaban J connectivity index is 1.57. The van der Waals surface area contributed by atoms with Crippen LogP contribution in [0.25, 0.3) is 0 Å². The highest BCUT2D eigenvalue weighted by Crippen LogP contribution is 2.37. The molecule has 0 spiro atoms. The SMILES string of the molecule is O=C(Nc1ccc(C(=O)N[C@H]2CCC[C@H](C(F)(F)F)C2)cc1)c1ccccc1. The summed E-state index contributed by atoms with van der Waals surface area (Å²) in [6.45, 7) is 0. The monoisotopic (exact) mass is 390 g/mol. The van der Waals surface area contributed by atoms with Crippen molar-refractivity contribution in [2.45, 2.75) is 37.9 Å². The van der Waals surface area contributed by atoms with Crippen LogP contribution in [0.2, 0.25) is 0 Å². The minimum absolute atomic E-state index is 0.0829. The lowest BCUT2D eigenvalue weighted by molar-refractivity contribution is -0.183. The van der Waals surface area contributed by atoms with Gasteiger partial charge in [-0.05, 0) is 55.7 Å². The first-order chi connectivity index (χ1) is 13.3. The number of rotatable bonds is 4. The largest absolute Gasteiger partial charge is 0.391 e. The zero-order valence-corrected chi connectivity index (χ0v) is 15.1. The molecule has 1 saturated carbocycles. The summed E-state index contributed by atoms with van der Waals surface area (Å²) in [6, 6.07) is 14.5. The molecule has 148 valence electrons. The molecule has 0 unspecified atom stereocenters. The molecule has 0 heterocycles. The Hall–Kier alpha value is -2.83. The summed E-state index contributed by atoms with van der Waals surface area (Å²) in [7, 11) is 0. The van der Waals surface area contributed by atoms with Crippen LogP contribution in [0.4, 0.5) is 18.9 Å². The molecule has 2 N–H and O–H groups in total. The van der Waals surface area contributed by atoms with Crippen molar-refractivity contribution >= 4 is 17.5 Å². The summed E-state index contributed by atoms with van der Waals surface area (Å²) >= 11 is 0. The molecule has 0 bridgehead atoms. The van der Waals surface area contributed by atoms with Crippen LogP contribution < -0.4 is 10.6 Å². The average Bonchev–Trinajstić information content (AvgIpc) is 2.69. The van der Waals surface area contributed by atoms with E-state index in [0.717, 1.165) is 0 Å². The van der Waals surface area contributed by atoms with Crippen LogP contribution in [-0.2, 0) is 0 Å². The number of benzene rings is 2. The molecule has 0 aromatic heterocycles. The second-order valence-electron chi connectivity index (χ2n) is 6.97. The first kappa shape index (κ1) is 19.9. The summed E-state index contributed by atoms with van der Waals surface area (Å²) in [5.41, 5.74) is 1.38. The lowest BCUT2D eigenvalue weighted by atomic mass is 9.85. The predicted octanol–water partition coefficient (Wildman–Crippen LogP) is 4.79. The number of amides is 2. The molecule has 2 aromatic carbocycles. The standard InChI is InChI=1S/C21H21F3N2O2/c22-21(23,24)16-7-4-8-18(13-16)26-20(28)15-9-11-17(12-10-15)25-19(27)14-5-2-1-3-6-14/h1-3,5-6,9-12,16,18H,4,7-8,13H2,(H,25,27)(H,26,28)/t16-,18-/m0/s1. The maximum Gasteiger partial charge on any atom is 0.391 e. The van der Waals surface area contributed by atoms with E-state index in [1.54, 1.807) is 48.5 Å². The number of hydrogen-bond acceptors (Lipinski definition) is 2. The van der Waals surface area contributed by atoms with E-state index < -0.39 is 24.0 Å². The van der Waals surface area contributed by atoms with E-state index in [4.69, 9.17) is 0 Å². The summed E-state index contributed by atoms with van der Waals surface area (Å²) in [6.07, 6.45) is -3.20. The van der Waals surface area contributed by atoms with Gasteiger partial charge in [-0.2, -0.15) is 13.2 Å². The molecule has 1 aliphatic rings. The minimum atomic E-state index is -4.22. The molecule has 2 atom stereocenters. The Morgan fingerprint density at radius 3 is 2.14 bits per heavy atom. The van der Waals surface area contributed by atoms with Gasteiger partial charge < -0.3 is 10.6 Å². The molecule has 4 nitrogen and oxygen atoms in total. The van der Waals surface area contributed by atoms with E-state index in [-0.39, 0.29) is 18.7 Å². The Kier molecular flexibility index (Phi) is 6.02. The van der Waals surface area contributed by atoms with Gasteiger partial charge in [-0.3, -0.25) is 9.59 Å². The van der Waals surface area contributed by atoms with Crippen molar-refractivity contribution in [2.24, 2.45) is 5.92 Å². The van der Waals surface area contributed by atoms with Crippen molar-refractivity contribution in [2.75, 3.05) is 5.32 Å². The summed E-state index contributed by atoms with van der Waals surface area (Å²) in [4.78, 5) is 24.5. The highest BCUT2D eigenvalue weighted by molar-refractivity contribution is 6.04. The first-order valence-corrected chi connectivity index (χ1v) is 9.17. The van der Waals surface area contributed by atoms with E-state index in [9.17, 15) is 22.8 Å². The zero-order chi connectivity index (χ0) is 20.1. The molecule has 1 aliphatic carbocycles. The molecule has 28 heavy (non-hydrogen) atoms. The topological polar surface area (TPSA) is 58.2 Å². The fraction of sp³-hybridized carbons (Fsp3) is 0.333. The van der Waals surface area contributed by atoms with Gasteiger partial charge in [0.2, 0.25) is 0 Å². The van der Waals surface area contributed by atoms with Gasteiger partial charge in [0, 0.05) is 22.9 Å². The van der Waals surface area contributed by atoms with Crippen molar-refractivity contribution < 1.29 is 22.8 Å². The summed E-state index contributed by atoms with van der Waals surface area (Å²) in [5.74, 6) is -2.03. The second-order valence-corrected chi connectivity index (χ2v) is 6.97. The van der Waals surface area contributed by atoms with Gasteiger partial charge in [-0.25, -0.2) is 0 Å². The van der Waals surface area contributed by atoms with Crippen molar-refractivity contribution in [3.63, 3.8) is 0 Å². The number of nitrogens with one attached hydrogen (secondary N) is 2. The Morgan fingerprint density at radius 1 is 0.857 bits per heavy atom. The van der Waals surface area contributed by atoms with Gasteiger partial charge in [0.25, 0.3) is 11.8 Å². The summed E-state index contributed by atoms with van der Waals surface area (Å²) < 4.78 is 38.7. The van der Waals surface area contributed by atoms with Gasteiger partial charge in [0.1, 0.15) is 0 Å². The predicted molar refractivity (Wildman–Crippen MR) is 100 cm³/mol. The molecular formula is C21H21F3N2O2. The molecular weight excluding hydrogens is 369 g/mol. The number of alkyl halides is 3. The van der Waals surface area contributed by atoms with Gasteiger partial charge >= 0.3 is 6.18 Å². The fourth-order valence-corrected chi connectivity index (χ4v) is 3.38. The number of hydrogen-bond donors (Lipinski definition) is 2. The third-order valence-corrected chi connectivity index (χ3v) is 4.91. The number of carbonyl (C=O) groups is 2. The third-order valence-electron chi connectivity index (χ3n) is 4.91. The van der Waals surface area contributed by atoms with Crippen molar-refractivity contribution in [3.05, 3.63) is 65.7 Å². The maximum atomic E-state index is 12.9. The lowest BCUT2D eigenvalue weighted by Gasteiger charge is -2.31. The van der Waals surface area contributed by atoms with Crippen LogP contribution in [-0.4, -0.2) is 24.0 Å². The second kappa shape index (κ2) is 8.46. The Morgan fingerprint density at radius 2 is 1.50 bits per heavy atom. The average molecular weight is 390 g/mol. The Bertz CT molecular complexity index is 820. The first-order valence-electron chi connectivity index (χ1n) is 9.17. The highest BCUT2D eigenvalue weighted by Gasteiger charge is 2.42. The van der Waals surface area contributed by atoms with E-state index in [2.05, 4.69) is 10.6 Å². The van der Waals surface area contributed by atoms with Gasteiger partial charge in [0.15, 0.2) is 0 Å². The van der Waals surface area contributed by atoms with Crippen molar-refractivity contribution in [1.82, 2.24) is 5.32 Å². The molecule has 1 fully saturated rings. The number of anilines is 1. The van der Waals surface area contributed by atoms with Gasteiger partial charge in [-0.1, -0.05) is 24.6 Å². The van der Waals surface area contributed by atoms with Crippen LogP contribution >= 0.6 is 0 Å². The molecule has 2 amide bonds. The molecule has 0 aliphatic heterocycles. The summed E-state index contributed by atoms with van der Waals surface area (Å²) in [5, 5.41) is 5.43. The van der Waals surface area contributed by atoms with E-state index in [1.165, 1.54) is 0 Å². The lowest BCUT2D eigenvalue weighted by Crippen LogP contribution is -2.41. The normalized spacial score (nSPS) is 19.7. The molecule has 2 aromatic rings. The van der Waals surface area contributed by atoms with E-state index >= 15 is 0 Å². The van der Waals surface area contributed by atoms with Gasteiger partial charge in [0.05, 0.1) is 5.92 Å². The van der Waals surface area contributed by atoms with Crippen LogP contribution in [0.15, 0.2) is 54.6 Å². The molecule has 3 rings (SSSR count). The third kappa shape index (κ3) is 5.12. The minimum Gasteiger partial charge on any atom is -0.349 e. The number of halogens is 3. The molecule has 7 heteroatoms. The zero-order valence-electron chi connectivity index (χ0n) is 15.1.